The van der Waals surface area contributed by atoms with Crippen LogP contribution in [-0.4, -0.2) is 0 Å². The van der Waals surface area contributed by atoms with Crippen molar-refractivity contribution >= 4 is 19.6 Å². The van der Waals surface area contributed by atoms with Gasteiger partial charge in [0.05, 0.1) is 0 Å². The third-order valence-electron chi connectivity index (χ3n) is 0. The normalized spacial score (nSPS) is 1.60. The van der Waals surface area contributed by atoms with Gasteiger partial charge in [0.1, 0.15) is 0 Å². The average molecular weight is 359 g/mol. The summed E-state index contributed by atoms with van der Waals surface area (Å²) in [7, 11) is 8.26. The molecule has 0 saturated heterocycles. The van der Waals surface area contributed by atoms with Crippen LogP contribution in [0.1, 0.15) is 0 Å². The Morgan fingerprint density at radius 3 is 1.20 bits per heavy atom. The van der Waals surface area contributed by atoms with E-state index in [0.29, 0.717) is 0 Å². The van der Waals surface area contributed by atoms with Gasteiger partial charge in [0.25, 0.3) is 0 Å². The van der Waals surface area contributed by atoms with Crippen LogP contribution < -0.4 is 0 Å². The Labute approximate surface area is 62.4 Å². The van der Waals surface area contributed by atoms with Crippen molar-refractivity contribution < 1.29 is 36.0 Å². The van der Waals surface area contributed by atoms with Crippen molar-refractivity contribution in [1.82, 2.24) is 0 Å². The zero-order chi connectivity index (χ0) is 4.00. The zero-order valence-electron chi connectivity index (χ0n) is 2.63. The van der Waals surface area contributed by atoms with Crippen LogP contribution in [0.25, 0.3) is 0 Å². The summed E-state index contributed by atoms with van der Waals surface area (Å²) in [6.45, 7) is 0. The Morgan fingerprint density at radius 2 is 1.20 bits per heavy atom. The summed E-state index contributed by atoms with van der Waals surface area (Å²) in [4.78, 5) is 0. The monoisotopic (exact) mass is 361 g/mol. The van der Waals surface area contributed by atoms with Crippen molar-refractivity contribution in [2.45, 2.75) is 0 Å². The molecule has 0 bridgehead atoms. The van der Waals surface area contributed by atoms with Crippen molar-refractivity contribution in [1.29, 1.82) is 0 Å². The van der Waals surface area contributed by atoms with Gasteiger partial charge in [-0.1, -0.05) is 0 Å². The summed E-state index contributed by atoms with van der Waals surface area (Å²) >= 11 is 2.70. The molecule has 0 aromatic heterocycles. The van der Waals surface area contributed by atoms with Gasteiger partial charge in [-0.05, 0) is 0 Å². The third kappa shape index (κ3) is 25.7. The zero-order valence-corrected chi connectivity index (χ0v) is 9.21. The molecule has 0 saturated carbocycles. The minimum absolute atomic E-state index is 0. The van der Waals surface area contributed by atoms with Gasteiger partial charge >= 0.3 is 55.6 Å². The minimum atomic E-state index is 0. The van der Waals surface area contributed by atoms with Crippen LogP contribution >= 0.6 is 19.6 Å². The molecule has 0 aliphatic rings. The molecule has 0 spiro atoms. The average Bonchev–Trinajstić information content (AvgIpc) is 1.50. The fourth-order valence-corrected chi connectivity index (χ4v) is 0. The van der Waals surface area contributed by atoms with E-state index in [1.807, 2.05) is 0 Å². The Kier molecular flexibility index (Phi) is 129. The van der Waals surface area contributed by atoms with Gasteiger partial charge in [0.2, 0.25) is 0 Å². The first-order valence-electron chi connectivity index (χ1n) is 0.333. The second-order valence-corrected chi connectivity index (χ2v) is 0. The molecule has 0 aromatic rings. The molecule has 5 heavy (non-hydrogen) atoms. The van der Waals surface area contributed by atoms with Crippen LogP contribution in [0.3, 0.4) is 0 Å². The molecular weight excluding hydrogens is 356 g/mol. The van der Waals surface area contributed by atoms with Crippen molar-refractivity contribution in [3.8, 4) is 0 Å². The van der Waals surface area contributed by atoms with E-state index in [9.17, 15) is 0 Å². The number of rotatable bonds is 0. The fourth-order valence-electron chi connectivity index (χ4n) is 0. The maximum atomic E-state index is 4.17. The van der Waals surface area contributed by atoms with E-state index in [4.69, 9.17) is 0 Å². The molecule has 0 N–H and O–H groups in total. The Balaban J connectivity index is -0.0000000133. The van der Waals surface area contributed by atoms with Gasteiger partial charge in [-0.15, -0.1) is 0 Å². The van der Waals surface area contributed by atoms with Crippen LogP contribution in [0.2, 0.25) is 0 Å². The predicted molar refractivity (Wildman–Crippen MR) is 21.6 cm³/mol. The molecule has 0 nitrogen and oxygen atoms in total. The molecule has 0 aromatic carbocycles. The van der Waals surface area contributed by atoms with Crippen molar-refractivity contribution in [2.24, 2.45) is 0 Å². The SMILES string of the molecule is [CH3-].[S]=[Mo].[S]=[W]. The first kappa shape index (κ1) is 15.8. The molecule has 32 valence electrons. The molecular formula is CH3MoS2W-. The Hall–Kier alpha value is 1.82. The van der Waals surface area contributed by atoms with Crippen LogP contribution in [0.15, 0.2) is 0 Å². The van der Waals surface area contributed by atoms with Crippen LogP contribution in [-0.2, 0) is 36.0 Å². The van der Waals surface area contributed by atoms with Crippen molar-refractivity contribution in [3.63, 3.8) is 0 Å². The molecule has 4 heteroatoms. The van der Waals surface area contributed by atoms with E-state index >= 15 is 0 Å². The second-order valence-electron chi connectivity index (χ2n) is 0. The van der Waals surface area contributed by atoms with Crippen LogP contribution in [0, 0.1) is 7.43 Å². The van der Waals surface area contributed by atoms with E-state index in [0.717, 1.165) is 0 Å². The molecule has 0 aliphatic heterocycles. The van der Waals surface area contributed by atoms with E-state index in [-0.39, 0.29) is 7.43 Å². The van der Waals surface area contributed by atoms with E-state index < -0.39 is 0 Å². The number of hydrogen-bond acceptors (Lipinski definition) is 2. The summed E-state index contributed by atoms with van der Waals surface area (Å²) in [6, 6.07) is 0. The number of hydrogen-bond donors (Lipinski definition) is 0. The molecule has 0 amide bonds. The summed E-state index contributed by atoms with van der Waals surface area (Å²) in [5, 5.41) is 0. The summed E-state index contributed by atoms with van der Waals surface area (Å²) < 4.78 is 0. The summed E-state index contributed by atoms with van der Waals surface area (Å²) in [5.41, 5.74) is 0. The molecule has 0 fully saturated rings. The standard InChI is InChI=1S/CH3.Mo.2S.W/h1H3;;;;/q-1;;;;. The molecule has 0 atom stereocenters. The van der Waals surface area contributed by atoms with E-state index in [1.54, 1.807) is 0 Å². The van der Waals surface area contributed by atoms with E-state index in [1.165, 1.54) is 36.0 Å². The first-order valence-corrected chi connectivity index (χ1v) is 7.05. The Morgan fingerprint density at radius 1 is 1.20 bits per heavy atom. The molecule has 0 radical (unpaired) electrons. The van der Waals surface area contributed by atoms with Gasteiger partial charge in [-0.3, -0.25) is 0 Å². The van der Waals surface area contributed by atoms with Gasteiger partial charge in [0.15, 0.2) is 0 Å². The fraction of sp³-hybridized carbons (Fsp3) is 0. The van der Waals surface area contributed by atoms with Crippen molar-refractivity contribution in [2.75, 3.05) is 0 Å². The topological polar surface area (TPSA) is 0 Å². The molecule has 0 unspecified atom stereocenters. The third-order valence-corrected chi connectivity index (χ3v) is 0. The summed E-state index contributed by atoms with van der Waals surface area (Å²) in [6.07, 6.45) is 0. The van der Waals surface area contributed by atoms with Gasteiger partial charge < -0.3 is 7.43 Å². The van der Waals surface area contributed by atoms with Crippen LogP contribution in [0.4, 0.5) is 0 Å². The van der Waals surface area contributed by atoms with Gasteiger partial charge in [-0.2, -0.15) is 0 Å². The second kappa shape index (κ2) is 40.9. The maximum absolute atomic E-state index is 4.17. The predicted octanol–water partition coefficient (Wildman–Crippen LogP) is 1.74. The Bertz CT molecular complexity index is 11.6. The van der Waals surface area contributed by atoms with Gasteiger partial charge in [0, 0.05) is 0 Å². The van der Waals surface area contributed by atoms with Gasteiger partial charge in [-0.25, -0.2) is 0 Å². The van der Waals surface area contributed by atoms with Crippen molar-refractivity contribution in [3.05, 3.63) is 7.43 Å². The molecule has 0 aliphatic carbocycles. The quantitative estimate of drug-likeness (QED) is 0.478. The molecule has 0 heterocycles. The summed E-state index contributed by atoms with van der Waals surface area (Å²) in [5.74, 6) is 0. The van der Waals surface area contributed by atoms with E-state index in [2.05, 4.69) is 19.6 Å². The molecule has 0 rings (SSSR count). The van der Waals surface area contributed by atoms with Crippen LogP contribution in [0.5, 0.6) is 0 Å². The first-order chi connectivity index (χ1) is 2.00.